The van der Waals surface area contributed by atoms with Crippen molar-refractivity contribution in [2.24, 2.45) is 7.05 Å². The SMILES string of the molecule is CCCc1nn(C)c2c1NCC(CC)S2. The van der Waals surface area contributed by atoms with E-state index in [0.717, 1.165) is 19.4 Å². The number of hydrogen-bond acceptors (Lipinski definition) is 3. The minimum absolute atomic E-state index is 0.697. The maximum atomic E-state index is 4.58. The average molecular weight is 225 g/mol. The van der Waals surface area contributed by atoms with E-state index in [-0.39, 0.29) is 0 Å². The Bertz CT molecular complexity index is 346. The molecule has 0 aromatic carbocycles. The van der Waals surface area contributed by atoms with Crippen molar-refractivity contribution in [1.29, 1.82) is 0 Å². The van der Waals surface area contributed by atoms with E-state index in [4.69, 9.17) is 0 Å². The standard InChI is InChI=1S/C11H19N3S/c1-4-6-9-10-11(14(3)13-9)15-8(5-2)7-12-10/h8,12H,4-7H2,1-3H3. The van der Waals surface area contributed by atoms with Gasteiger partial charge in [-0.05, 0) is 12.8 Å². The van der Waals surface area contributed by atoms with Gasteiger partial charge < -0.3 is 5.32 Å². The summed E-state index contributed by atoms with van der Waals surface area (Å²) in [6.45, 7) is 5.52. The maximum absolute atomic E-state index is 4.58. The van der Waals surface area contributed by atoms with Gasteiger partial charge in [0.2, 0.25) is 0 Å². The molecule has 1 unspecified atom stereocenters. The monoisotopic (exact) mass is 225 g/mol. The summed E-state index contributed by atoms with van der Waals surface area (Å²) in [6, 6.07) is 0. The van der Waals surface area contributed by atoms with Crippen molar-refractivity contribution >= 4 is 17.4 Å². The number of rotatable bonds is 3. The van der Waals surface area contributed by atoms with Crippen molar-refractivity contribution in [3.8, 4) is 0 Å². The predicted molar refractivity (Wildman–Crippen MR) is 65.6 cm³/mol. The quantitative estimate of drug-likeness (QED) is 0.857. The van der Waals surface area contributed by atoms with Gasteiger partial charge in [0, 0.05) is 18.8 Å². The molecule has 0 saturated heterocycles. The summed E-state index contributed by atoms with van der Waals surface area (Å²) >= 11 is 1.97. The van der Waals surface area contributed by atoms with E-state index in [2.05, 4.69) is 24.3 Å². The van der Waals surface area contributed by atoms with Crippen LogP contribution in [0.3, 0.4) is 0 Å². The molecule has 1 atom stereocenters. The summed E-state index contributed by atoms with van der Waals surface area (Å²) in [5.41, 5.74) is 2.52. The van der Waals surface area contributed by atoms with Crippen LogP contribution in [-0.2, 0) is 13.5 Å². The summed E-state index contributed by atoms with van der Waals surface area (Å²) in [7, 11) is 2.05. The van der Waals surface area contributed by atoms with E-state index in [9.17, 15) is 0 Å². The molecule has 0 bridgehead atoms. The van der Waals surface area contributed by atoms with E-state index in [1.165, 1.54) is 22.8 Å². The molecule has 0 aliphatic carbocycles. The molecular weight excluding hydrogens is 206 g/mol. The molecule has 4 heteroatoms. The third-order valence-corrected chi connectivity index (χ3v) is 4.32. The zero-order valence-corrected chi connectivity index (χ0v) is 10.5. The highest BCUT2D eigenvalue weighted by Crippen LogP contribution is 2.38. The lowest BCUT2D eigenvalue weighted by molar-refractivity contribution is 0.677. The number of fused-ring (bicyclic) bond motifs is 1. The highest BCUT2D eigenvalue weighted by Gasteiger charge is 2.24. The smallest absolute Gasteiger partial charge is 0.117 e. The normalized spacial score (nSPS) is 19.8. The second-order valence-corrected chi connectivity index (χ2v) is 5.32. The molecule has 0 saturated carbocycles. The molecule has 2 rings (SSSR count). The van der Waals surface area contributed by atoms with Gasteiger partial charge in [-0.1, -0.05) is 32.0 Å². The lowest BCUT2D eigenvalue weighted by Crippen LogP contribution is -2.21. The topological polar surface area (TPSA) is 29.9 Å². The van der Waals surface area contributed by atoms with Gasteiger partial charge in [-0.3, -0.25) is 4.68 Å². The van der Waals surface area contributed by atoms with Crippen LogP contribution in [0, 0.1) is 0 Å². The molecule has 1 aliphatic rings. The minimum Gasteiger partial charge on any atom is -0.380 e. The third-order valence-electron chi connectivity index (χ3n) is 2.79. The van der Waals surface area contributed by atoms with Crippen LogP contribution in [0.1, 0.15) is 32.4 Å². The fourth-order valence-corrected chi connectivity index (χ4v) is 3.08. The van der Waals surface area contributed by atoms with E-state index in [1.807, 2.05) is 23.5 Å². The first-order valence-corrected chi connectivity index (χ1v) is 6.60. The lowest BCUT2D eigenvalue weighted by Gasteiger charge is -2.22. The molecule has 0 radical (unpaired) electrons. The second-order valence-electron chi connectivity index (χ2n) is 4.03. The molecule has 3 nitrogen and oxygen atoms in total. The van der Waals surface area contributed by atoms with Crippen molar-refractivity contribution in [2.45, 2.75) is 43.4 Å². The Morgan fingerprint density at radius 3 is 3.00 bits per heavy atom. The number of thioether (sulfide) groups is 1. The molecule has 1 aromatic rings. The number of nitrogens with one attached hydrogen (secondary N) is 1. The molecule has 1 N–H and O–H groups in total. The van der Waals surface area contributed by atoms with E-state index in [0.29, 0.717) is 5.25 Å². The Kier molecular flexibility index (Phi) is 3.24. The summed E-state index contributed by atoms with van der Waals surface area (Å²) in [5.74, 6) is 0. The van der Waals surface area contributed by atoms with Crippen LogP contribution in [-0.4, -0.2) is 21.6 Å². The summed E-state index contributed by atoms with van der Waals surface area (Å²) in [5, 5.41) is 10.1. The Morgan fingerprint density at radius 2 is 2.33 bits per heavy atom. The fraction of sp³-hybridized carbons (Fsp3) is 0.727. The van der Waals surface area contributed by atoms with Gasteiger partial charge in [-0.25, -0.2) is 0 Å². The first kappa shape index (κ1) is 10.9. The van der Waals surface area contributed by atoms with Crippen molar-refractivity contribution in [3.63, 3.8) is 0 Å². The summed E-state index contributed by atoms with van der Waals surface area (Å²) < 4.78 is 2.03. The Morgan fingerprint density at radius 1 is 1.53 bits per heavy atom. The predicted octanol–water partition coefficient (Wildman–Crippen LogP) is 2.67. The Hall–Kier alpha value is -0.640. The summed E-state index contributed by atoms with van der Waals surface area (Å²) in [4.78, 5) is 0. The van der Waals surface area contributed by atoms with Gasteiger partial charge in [0.25, 0.3) is 0 Å². The maximum Gasteiger partial charge on any atom is 0.117 e. The molecule has 2 heterocycles. The van der Waals surface area contributed by atoms with Crippen LogP contribution in [0.4, 0.5) is 5.69 Å². The van der Waals surface area contributed by atoms with Crippen molar-refractivity contribution in [2.75, 3.05) is 11.9 Å². The zero-order valence-electron chi connectivity index (χ0n) is 9.71. The van der Waals surface area contributed by atoms with Gasteiger partial charge in [0.1, 0.15) is 5.03 Å². The highest BCUT2D eigenvalue weighted by atomic mass is 32.2. The molecule has 0 amide bonds. The molecular formula is C11H19N3S. The second kappa shape index (κ2) is 4.47. The Balaban J connectivity index is 2.27. The molecule has 0 spiro atoms. The molecule has 0 fully saturated rings. The van der Waals surface area contributed by atoms with Crippen LogP contribution in [0.2, 0.25) is 0 Å². The number of hydrogen-bond donors (Lipinski definition) is 1. The van der Waals surface area contributed by atoms with Gasteiger partial charge >= 0.3 is 0 Å². The van der Waals surface area contributed by atoms with Crippen molar-refractivity contribution in [1.82, 2.24) is 9.78 Å². The lowest BCUT2D eigenvalue weighted by atomic mass is 10.2. The van der Waals surface area contributed by atoms with Crippen molar-refractivity contribution in [3.05, 3.63) is 5.69 Å². The van der Waals surface area contributed by atoms with E-state index >= 15 is 0 Å². The van der Waals surface area contributed by atoms with Crippen LogP contribution in [0.5, 0.6) is 0 Å². The highest BCUT2D eigenvalue weighted by molar-refractivity contribution is 8.00. The van der Waals surface area contributed by atoms with Crippen LogP contribution in [0.15, 0.2) is 5.03 Å². The molecule has 15 heavy (non-hydrogen) atoms. The van der Waals surface area contributed by atoms with Gasteiger partial charge in [-0.2, -0.15) is 5.10 Å². The van der Waals surface area contributed by atoms with Gasteiger partial charge in [0.15, 0.2) is 0 Å². The van der Waals surface area contributed by atoms with Gasteiger partial charge in [-0.15, -0.1) is 0 Å². The minimum atomic E-state index is 0.697. The van der Waals surface area contributed by atoms with Crippen LogP contribution < -0.4 is 5.32 Å². The Labute approximate surface area is 95.6 Å². The molecule has 84 valence electrons. The first-order chi connectivity index (χ1) is 7.26. The van der Waals surface area contributed by atoms with Crippen LogP contribution in [0.25, 0.3) is 0 Å². The zero-order chi connectivity index (χ0) is 10.8. The number of aromatic nitrogens is 2. The number of nitrogens with zero attached hydrogens (tertiary/aromatic N) is 2. The molecule has 1 aliphatic heterocycles. The molecule has 1 aromatic heterocycles. The average Bonchev–Trinajstić information content (AvgIpc) is 2.56. The summed E-state index contributed by atoms with van der Waals surface area (Å²) in [6.07, 6.45) is 3.45. The number of aryl methyl sites for hydroxylation is 2. The largest absolute Gasteiger partial charge is 0.380 e. The third kappa shape index (κ3) is 2.00. The van der Waals surface area contributed by atoms with Gasteiger partial charge in [0.05, 0.1) is 11.4 Å². The first-order valence-electron chi connectivity index (χ1n) is 5.72. The van der Waals surface area contributed by atoms with Crippen LogP contribution >= 0.6 is 11.8 Å². The van der Waals surface area contributed by atoms with E-state index < -0.39 is 0 Å². The fourth-order valence-electron chi connectivity index (χ4n) is 1.93. The van der Waals surface area contributed by atoms with E-state index in [1.54, 1.807) is 0 Å². The van der Waals surface area contributed by atoms with Crippen molar-refractivity contribution < 1.29 is 0 Å². The number of anilines is 1.